The van der Waals surface area contributed by atoms with Gasteiger partial charge in [0.25, 0.3) is 5.91 Å². The number of rotatable bonds is 33. The standard InChI is InChI=1S/C75H124N14O16/c1-20-44(16)59(71(100)88-62-47(19)105-75(104)58(43(14)15)84-63(92)49(22-3)77-65(94)51(37-48-30-24-23-25-31-48)79-67(96)55(40(8)9)81-70(99)60(45(17)21-2)86-73(62)102)85-64(93)50(32-27-35-76)78-66(95)52-33-28-36-89(52)74(103)57(42(12)13)83-69(98)56(41(10)11)82-72(101)61(46(18)90)87-68(97)54(39(6)7)80-53(91)34-26-29-38(4)5/h22-25,30-31,38-47,50-52,54-62,90H,20-21,26-29,32-37,76H2,1-19H3,(H,77,94)(H,78,95)(H,79,96)(H,80,91)(H,81,99)(H,82,101)(H,83,98)(H,84,92)(H,85,93)(H,86,102)(H,87,97)(H,88,100)/b49-22-/t44-,45-,46-,47+,50+,51+,52-,54-,55+,56+,57-,58+,59-,60-,61+,62-/m1/s1. The summed E-state index contributed by atoms with van der Waals surface area (Å²) in [5.41, 5.74) is 6.34. The Hall–Kier alpha value is -8.54. The van der Waals surface area contributed by atoms with Crippen LogP contribution in [0.2, 0.25) is 0 Å². The first-order valence-corrected chi connectivity index (χ1v) is 37.5. The zero-order chi connectivity index (χ0) is 79.4. The van der Waals surface area contributed by atoms with Gasteiger partial charge in [0.1, 0.15) is 84.3 Å². The monoisotopic (exact) mass is 1480 g/mol. The van der Waals surface area contributed by atoms with Crippen LogP contribution in [0.3, 0.4) is 0 Å². The van der Waals surface area contributed by atoms with Crippen molar-refractivity contribution in [1.82, 2.24) is 68.7 Å². The SMILES string of the molecule is C/C=C1\NC(=O)[C@H](Cc2ccccc2)NC(=O)[C@H](C(C)C)NC(=O)[C@@H]([C@H](C)CC)NC(=O)[C@H](NC(=O)[C@H](NC(=O)[C@H](CCCN)NC(=O)[C@H]2CCCN2C(=O)[C@H](NC(=O)[C@@H](NC(=O)[C@@H](NC(=O)[C@H](NC(=O)CCCC(C)C)C(C)C)[C@@H](C)O)C(C)C)C(C)C)[C@H](C)CC)[C@H](C)OC(=O)[C@H](C(C)C)NC1=O. The molecule has 2 heterocycles. The molecule has 0 saturated carbocycles. The summed E-state index contributed by atoms with van der Waals surface area (Å²) in [5, 5.41) is 43.2. The molecule has 0 spiro atoms. The number of benzene rings is 1. The summed E-state index contributed by atoms with van der Waals surface area (Å²) in [6.45, 7) is 31.8. The maximum Gasteiger partial charge on any atom is 0.329 e. The van der Waals surface area contributed by atoms with E-state index in [0.29, 0.717) is 30.7 Å². The van der Waals surface area contributed by atoms with Crippen LogP contribution in [0.5, 0.6) is 0 Å². The van der Waals surface area contributed by atoms with Gasteiger partial charge in [0, 0.05) is 19.4 Å². The van der Waals surface area contributed by atoms with Crippen LogP contribution in [0, 0.1) is 47.3 Å². The molecule has 590 valence electrons. The summed E-state index contributed by atoms with van der Waals surface area (Å²) in [6, 6.07) is -7.67. The van der Waals surface area contributed by atoms with E-state index in [0.717, 1.165) is 6.42 Å². The van der Waals surface area contributed by atoms with Crippen LogP contribution in [0.15, 0.2) is 42.1 Å². The molecule has 1 aromatic carbocycles. The van der Waals surface area contributed by atoms with Crippen molar-refractivity contribution in [2.45, 2.75) is 280 Å². The molecule has 0 aromatic heterocycles. The Labute approximate surface area is 620 Å². The number of ether oxygens (including phenoxy) is 1. The Morgan fingerprint density at radius 2 is 1.15 bits per heavy atom. The second-order valence-corrected chi connectivity index (χ2v) is 30.2. The Morgan fingerprint density at radius 1 is 0.610 bits per heavy atom. The van der Waals surface area contributed by atoms with Crippen LogP contribution in [0.25, 0.3) is 0 Å². The average molecular weight is 1480 g/mol. The molecule has 0 unspecified atom stereocenters. The first-order chi connectivity index (χ1) is 49.2. The fraction of sp³-hybridized carbons (Fsp3) is 0.707. The molecular weight excluding hydrogens is 1350 g/mol. The predicted molar refractivity (Wildman–Crippen MR) is 395 cm³/mol. The lowest BCUT2D eigenvalue weighted by atomic mass is 9.95. The number of aliphatic hydroxyl groups excluding tert-OH is 1. The predicted octanol–water partition coefficient (Wildman–Crippen LogP) is 1.84. The highest BCUT2D eigenvalue weighted by atomic mass is 16.5. The van der Waals surface area contributed by atoms with Crippen molar-refractivity contribution in [2.75, 3.05) is 13.1 Å². The number of allylic oxidation sites excluding steroid dienone is 1. The summed E-state index contributed by atoms with van der Waals surface area (Å²) in [6.07, 6.45) is 1.02. The van der Waals surface area contributed by atoms with Crippen LogP contribution >= 0.6 is 0 Å². The van der Waals surface area contributed by atoms with Crippen molar-refractivity contribution in [3.63, 3.8) is 0 Å². The minimum atomic E-state index is -1.83. The highest BCUT2D eigenvalue weighted by Crippen LogP contribution is 2.23. The van der Waals surface area contributed by atoms with E-state index in [9.17, 15) is 62.6 Å². The van der Waals surface area contributed by atoms with E-state index in [4.69, 9.17) is 10.5 Å². The van der Waals surface area contributed by atoms with Crippen LogP contribution < -0.4 is 69.5 Å². The highest BCUT2D eigenvalue weighted by Gasteiger charge is 2.44. The first-order valence-electron chi connectivity index (χ1n) is 37.5. The number of hydrogen-bond acceptors (Lipinski definition) is 17. The van der Waals surface area contributed by atoms with Gasteiger partial charge in [-0.25, -0.2) is 4.79 Å². The van der Waals surface area contributed by atoms with Crippen molar-refractivity contribution >= 4 is 82.8 Å². The zero-order valence-corrected chi connectivity index (χ0v) is 65.2. The quantitative estimate of drug-likeness (QED) is 0.0353. The second-order valence-electron chi connectivity index (χ2n) is 30.2. The largest absolute Gasteiger partial charge is 0.458 e. The van der Waals surface area contributed by atoms with E-state index < -0.39 is 203 Å². The molecule has 105 heavy (non-hydrogen) atoms. The molecular formula is C75H124N14O16. The van der Waals surface area contributed by atoms with Crippen LogP contribution in [-0.2, 0) is 78.3 Å². The molecule has 2 aliphatic heterocycles. The van der Waals surface area contributed by atoms with Gasteiger partial charge in [-0.3, -0.25) is 62.3 Å². The van der Waals surface area contributed by atoms with Crippen molar-refractivity contribution in [3.8, 4) is 0 Å². The Balaban J connectivity index is 2.00. The van der Waals surface area contributed by atoms with Crippen LogP contribution in [0.1, 0.15) is 195 Å². The molecule has 0 radical (unpaired) electrons. The molecule has 16 atom stereocenters. The number of carbonyl (C=O) groups excluding carboxylic acids is 14. The van der Waals surface area contributed by atoms with E-state index in [1.165, 1.54) is 31.7 Å². The smallest absolute Gasteiger partial charge is 0.329 e. The number of cyclic esters (lactones) is 1. The normalized spacial score (nSPS) is 22.6. The first kappa shape index (κ1) is 90.7. The van der Waals surface area contributed by atoms with Gasteiger partial charge in [-0.1, -0.05) is 166 Å². The third kappa shape index (κ3) is 27.7. The second kappa shape index (κ2) is 43.8. The third-order valence-electron chi connectivity index (χ3n) is 19.3. The number of nitrogens with one attached hydrogen (secondary N) is 12. The van der Waals surface area contributed by atoms with Crippen molar-refractivity contribution < 1.29 is 77.0 Å². The Morgan fingerprint density at radius 3 is 1.69 bits per heavy atom. The molecule has 2 aliphatic rings. The summed E-state index contributed by atoms with van der Waals surface area (Å²) >= 11 is 0. The van der Waals surface area contributed by atoms with Gasteiger partial charge in [-0.05, 0) is 112 Å². The minimum absolute atomic E-state index is 0.0355. The lowest BCUT2D eigenvalue weighted by Gasteiger charge is -2.33. The molecule has 3 rings (SSSR count). The summed E-state index contributed by atoms with van der Waals surface area (Å²) in [7, 11) is 0. The van der Waals surface area contributed by atoms with E-state index in [-0.39, 0.29) is 63.2 Å². The molecule has 15 N–H and O–H groups in total. The number of nitrogens with two attached hydrogens (primary N) is 1. The van der Waals surface area contributed by atoms with Gasteiger partial charge in [-0.2, -0.15) is 0 Å². The van der Waals surface area contributed by atoms with Gasteiger partial charge >= 0.3 is 5.97 Å². The summed E-state index contributed by atoms with van der Waals surface area (Å²) in [5.74, 6) is -15.1. The number of aliphatic hydroxyl groups is 1. The van der Waals surface area contributed by atoms with E-state index in [1.54, 1.807) is 127 Å². The third-order valence-corrected chi connectivity index (χ3v) is 19.3. The van der Waals surface area contributed by atoms with Gasteiger partial charge in [0.15, 0.2) is 0 Å². The van der Waals surface area contributed by atoms with E-state index in [2.05, 4.69) is 63.8 Å². The minimum Gasteiger partial charge on any atom is -0.458 e. The molecule has 0 aliphatic carbocycles. The maximum absolute atomic E-state index is 15.0. The van der Waals surface area contributed by atoms with Crippen molar-refractivity contribution in [2.24, 2.45) is 53.1 Å². The fourth-order valence-corrected chi connectivity index (χ4v) is 12.1. The van der Waals surface area contributed by atoms with Crippen molar-refractivity contribution in [3.05, 3.63) is 47.7 Å². The number of amides is 13. The molecule has 2 fully saturated rings. The lowest BCUT2D eigenvalue weighted by molar-refractivity contribution is -0.157. The Bertz CT molecular complexity index is 3160. The number of esters is 1. The Kier molecular flexibility index (Phi) is 37.8. The maximum atomic E-state index is 15.0. The lowest BCUT2D eigenvalue weighted by Crippen LogP contribution is -2.64. The molecule has 30 nitrogen and oxygen atoms in total. The fourth-order valence-electron chi connectivity index (χ4n) is 12.1. The number of hydrogen-bond donors (Lipinski definition) is 14. The molecule has 2 saturated heterocycles. The van der Waals surface area contributed by atoms with Gasteiger partial charge in [0.2, 0.25) is 70.9 Å². The van der Waals surface area contributed by atoms with Gasteiger partial charge in [0.05, 0.1) is 6.10 Å². The summed E-state index contributed by atoms with van der Waals surface area (Å²) in [4.78, 5) is 202. The molecule has 30 heteroatoms. The number of carbonyl (C=O) groups is 14. The van der Waals surface area contributed by atoms with Crippen LogP contribution in [-0.4, -0.2) is 191 Å². The number of nitrogens with zero attached hydrogens (tertiary/aromatic N) is 1. The zero-order valence-electron chi connectivity index (χ0n) is 65.2. The van der Waals surface area contributed by atoms with Gasteiger partial charge < -0.3 is 84.3 Å². The highest BCUT2D eigenvalue weighted by molar-refractivity contribution is 6.03. The molecule has 1 aromatic rings. The topological polar surface area (TPSA) is 442 Å². The molecule has 13 amide bonds. The average Bonchev–Trinajstić information content (AvgIpc) is 1.79. The summed E-state index contributed by atoms with van der Waals surface area (Å²) < 4.78 is 5.96. The van der Waals surface area contributed by atoms with Crippen molar-refractivity contribution in [1.29, 1.82) is 0 Å². The molecule has 0 bridgehead atoms. The van der Waals surface area contributed by atoms with Gasteiger partial charge in [-0.15, -0.1) is 0 Å². The number of likely N-dealkylation sites (tertiary alicyclic amines) is 1. The van der Waals surface area contributed by atoms with E-state index >= 15 is 9.59 Å². The van der Waals surface area contributed by atoms with E-state index in [1.807, 2.05) is 13.8 Å². The van der Waals surface area contributed by atoms with Crippen LogP contribution in [0.4, 0.5) is 0 Å².